The van der Waals surface area contributed by atoms with Crippen molar-refractivity contribution in [1.29, 1.82) is 0 Å². The van der Waals surface area contributed by atoms with Gasteiger partial charge >= 0.3 is 11.9 Å². The molecule has 0 atom stereocenters. The van der Waals surface area contributed by atoms with Gasteiger partial charge in [0.2, 0.25) is 3.42 Å². The molecule has 0 fully saturated rings. The Hall–Kier alpha value is -1.11. The van der Waals surface area contributed by atoms with Crippen molar-refractivity contribution in [3.05, 3.63) is 35.9 Å². The fourth-order valence-corrected chi connectivity index (χ4v) is 2.07. The summed E-state index contributed by atoms with van der Waals surface area (Å²) >= 11 is 1.74. The molecule has 1 aromatic carbocycles. The van der Waals surface area contributed by atoms with E-state index in [1.807, 2.05) is 0 Å². The van der Waals surface area contributed by atoms with Crippen LogP contribution in [-0.2, 0) is 22.5 Å². The topological polar surface area (TPSA) is 52.6 Å². The lowest BCUT2D eigenvalue weighted by Crippen LogP contribution is -2.39. The number of carbonyl (C=O) groups is 2. The van der Waals surface area contributed by atoms with Crippen LogP contribution in [0.1, 0.15) is 5.56 Å². The first-order valence-corrected chi connectivity index (χ1v) is 5.56. The maximum absolute atomic E-state index is 11.7. The molecule has 5 heteroatoms. The standard InChI is InChI=1S/C11H11IO4/c1-15-9(13)11(12,10(14)16-2)8-6-4-3-5-7-8/h3-7H,1-2H3. The average Bonchev–Trinajstić information content (AvgIpc) is 2.36. The van der Waals surface area contributed by atoms with E-state index in [-0.39, 0.29) is 0 Å². The molecule has 4 nitrogen and oxygen atoms in total. The number of hydrogen-bond acceptors (Lipinski definition) is 4. The number of methoxy groups -OCH3 is 2. The van der Waals surface area contributed by atoms with Gasteiger partial charge in [-0.1, -0.05) is 30.3 Å². The monoisotopic (exact) mass is 334 g/mol. The number of carbonyl (C=O) groups excluding carboxylic acids is 2. The molecule has 16 heavy (non-hydrogen) atoms. The van der Waals surface area contributed by atoms with Gasteiger partial charge in [-0.15, -0.1) is 0 Å². The third-order valence-electron chi connectivity index (χ3n) is 2.10. The number of alkyl halides is 1. The third kappa shape index (κ3) is 2.18. The van der Waals surface area contributed by atoms with Gasteiger partial charge in [0.1, 0.15) is 0 Å². The van der Waals surface area contributed by atoms with Crippen LogP contribution in [-0.4, -0.2) is 26.2 Å². The van der Waals surface area contributed by atoms with Gasteiger partial charge < -0.3 is 9.47 Å². The number of hydrogen-bond donors (Lipinski definition) is 0. The summed E-state index contributed by atoms with van der Waals surface area (Å²) in [5, 5.41) is 0. The predicted molar refractivity (Wildman–Crippen MR) is 66.2 cm³/mol. The van der Waals surface area contributed by atoms with Crippen LogP contribution >= 0.6 is 22.6 Å². The first kappa shape index (κ1) is 13.0. The minimum Gasteiger partial charge on any atom is -0.467 e. The summed E-state index contributed by atoms with van der Waals surface area (Å²) in [5.41, 5.74) is 0.536. The van der Waals surface area contributed by atoms with Crippen LogP contribution < -0.4 is 0 Å². The lowest BCUT2D eigenvalue weighted by Gasteiger charge is -2.22. The Labute approximate surface area is 107 Å². The van der Waals surface area contributed by atoms with E-state index in [1.54, 1.807) is 52.9 Å². The third-order valence-corrected chi connectivity index (χ3v) is 3.61. The summed E-state index contributed by atoms with van der Waals surface area (Å²) < 4.78 is 7.85. The fraction of sp³-hybridized carbons (Fsp3) is 0.273. The first-order chi connectivity index (χ1) is 7.57. The quantitative estimate of drug-likeness (QED) is 0.365. The van der Waals surface area contributed by atoms with Crippen LogP contribution in [0.5, 0.6) is 0 Å². The molecule has 0 aliphatic heterocycles. The SMILES string of the molecule is COC(=O)C(I)(C(=O)OC)c1ccccc1. The minimum absolute atomic E-state index is 0.536. The molecule has 0 amide bonds. The van der Waals surface area contributed by atoms with E-state index < -0.39 is 15.4 Å². The van der Waals surface area contributed by atoms with E-state index in [0.717, 1.165) is 0 Å². The van der Waals surface area contributed by atoms with Crippen molar-refractivity contribution in [2.45, 2.75) is 3.42 Å². The first-order valence-electron chi connectivity index (χ1n) is 4.48. The molecule has 0 bridgehead atoms. The maximum Gasteiger partial charge on any atom is 0.338 e. The highest BCUT2D eigenvalue weighted by Crippen LogP contribution is 2.34. The lowest BCUT2D eigenvalue weighted by atomic mass is 9.99. The van der Waals surface area contributed by atoms with Gasteiger partial charge in [0.05, 0.1) is 14.2 Å². The number of benzene rings is 1. The Morgan fingerprint density at radius 1 is 1.06 bits per heavy atom. The summed E-state index contributed by atoms with van der Waals surface area (Å²) in [6, 6.07) is 8.65. The number of halogens is 1. The second-order valence-corrected chi connectivity index (χ2v) is 4.63. The Morgan fingerprint density at radius 2 is 1.50 bits per heavy atom. The van der Waals surface area contributed by atoms with E-state index in [9.17, 15) is 9.59 Å². The summed E-state index contributed by atoms with van der Waals surface area (Å²) in [6.07, 6.45) is 0. The lowest BCUT2D eigenvalue weighted by molar-refractivity contribution is -0.155. The summed E-state index contributed by atoms with van der Waals surface area (Å²) in [7, 11) is 2.48. The molecule has 0 aliphatic rings. The number of esters is 2. The summed E-state index contributed by atoms with van der Waals surface area (Å²) in [6.45, 7) is 0. The van der Waals surface area contributed by atoms with E-state index in [1.165, 1.54) is 14.2 Å². The Morgan fingerprint density at radius 3 is 1.88 bits per heavy atom. The van der Waals surface area contributed by atoms with Crippen LogP contribution in [0.3, 0.4) is 0 Å². The molecule has 0 radical (unpaired) electrons. The zero-order valence-electron chi connectivity index (χ0n) is 8.90. The molecular weight excluding hydrogens is 323 g/mol. The van der Waals surface area contributed by atoms with Crippen molar-refractivity contribution in [3.8, 4) is 0 Å². The van der Waals surface area contributed by atoms with Gasteiger partial charge in [-0.3, -0.25) is 0 Å². The summed E-state index contributed by atoms with van der Waals surface area (Å²) in [4.78, 5) is 23.4. The Kier molecular flexibility index (Phi) is 4.28. The maximum atomic E-state index is 11.7. The highest BCUT2D eigenvalue weighted by atomic mass is 127. The second-order valence-electron chi connectivity index (χ2n) is 3.01. The number of ether oxygens (including phenoxy) is 2. The van der Waals surface area contributed by atoms with Crippen LogP contribution in [0.4, 0.5) is 0 Å². The van der Waals surface area contributed by atoms with E-state index in [0.29, 0.717) is 5.56 Å². The van der Waals surface area contributed by atoms with E-state index in [2.05, 4.69) is 9.47 Å². The fourth-order valence-electron chi connectivity index (χ4n) is 1.27. The van der Waals surface area contributed by atoms with Crippen molar-refractivity contribution in [2.24, 2.45) is 0 Å². The van der Waals surface area contributed by atoms with E-state index in [4.69, 9.17) is 0 Å². The van der Waals surface area contributed by atoms with Crippen molar-refractivity contribution in [2.75, 3.05) is 14.2 Å². The van der Waals surface area contributed by atoms with Crippen molar-refractivity contribution in [3.63, 3.8) is 0 Å². The van der Waals surface area contributed by atoms with Crippen molar-refractivity contribution < 1.29 is 19.1 Å². The van der Waals surface area contributed by atoms with Gasteiger partial charge in [0.15, 0.2) is 0 Å². The molecule has 0 N–H and O–H groups in total. The predicted octanol–water partition coefficient (Wildman–Crippen LogP) is 1.66. The van der Waals surface area contributed by atoms with Crippen molar-refractivity contribution in [1.82, 2.24) is 0 Å². The average molecular weight is 334 g/mol. The summed E-state index contributed by atoms with van der Waals surface area (Å²) in [5.74, 6) is -1.29. The molecule has 0 aromatic heterocycles. The molecule has 0 saturated carbocycles. The van der Waals surface area contributed by atoms with Crippen LogP contribution in [0.25, 0.3) is 0 Å². The zero-order valence-corrected chi connectivity index (χ0v) is 11.1. The van der Waals surface area contributed by atoms with Gasteiger partial charge in [-0.05, 0) is 28.2 Å². The van der Waals surface area contributed by atoms with Crippen molar-refractivity contribution >= 4 is 34.5 Å². The largest absolute Gasteiger partial charge is 0.467 e. The Balaban J connectivity index is 3.26. The molecule has 0 spiro atoms. The van der Waals surface area contributed by atoms with Crippen LogP contribution in [0.15, 0.2) is 30.3 Å². The molecule has 86 valence electrons. The van der Waals surface area contributed by atoms with Gasteiger partial charge in [0.25, 0.3) is 0 Å². The normalized spacial score (nSPS) is 10.7. The number of rotatable bonds is 3. The minimum atomic E-state index is -1.44. The Bertz CT molecular complexity index is 372. The zero-order chi connectivity index (χ0) is 12.2. The van der Waals surface area contributed by atoms with Gasteiger partial charge in [-0.25, -0.2) is 9.59 Å². The molecule has 1 aromatic rings. The highest BCUT2D eigenvalue weighted by molar-refractivity contribution is 14.1. The van der Waals surface area contributed by atoms with Gasteiger partial charge in [0, 0.05) is 0 Å². The smallest absolute Gasteiger partial charge is 0.338 e. The van der Waals surface area contributed by atoms with E-state index >= 15 is 0 Å². The molecule has 0 heterocycles. The van der Waals surface area contributed by atoms with Crippen LogP contribution in [0.2, 0.25) is 0 Å². The molecular formula is C11H11IO4. The highest BCUT2D eigenvalue weighted by Gasteiger charge is 2.47. The van der Waals surface area contributed by atoms with Gasteiger partial charge in [-0.2, -0.15) is 0 Å². The second kappa shape index (κ2) is 5.29. The molecule has 0 unspecified atom stereocenters. The van der Waals surface area contributed by atoms with Crippen LogP contribution in [0, 0.1) is 0 Å². The molecule has 0 aliphatic carbocycles. The molecule has 0 saturated heterocycles. The molecule has 1 rings (SSSR count).